The number of hydrogen-bond donors (Lipinski definition) is 1. The van der Waals surface area contributed by atoms with Crippen LogP contribution in [0.3, 0.4) is 0 Å². The smallest absolute Gasteiger partial charge is 0.335 e. The molecule has 0 unspecified atom stereocenters. The van der Waals surface area contributed by atoms with Crippen molar-refractivity contribution in [3.63, 3.8) is 0 Å². The highest BCUT2D eigenvalue weighted by Gasteiger charge is 2.15. The molecule has 0 aliphatic rings. The number of allylic oxidation sites excluding steroid dienone is 1. The number of nitriles is 1. The molecule has 1 N–H and O–H groups in total. The maximum atomic E-state index is 10.7. The van der Waals surface area contributed by atoms with Crippen LogP contribution in [-0.4, -0.2) is 16.0 Å². The van der Waals surface area contributed by atoms with E-state index in [9.17, 15) is 14.9 Å². The van der Waals surface area contributed by atoms with E-state index < -0.39 is 10.9 Å². The Kier molecular flexibility index (Phi) is 3.35. The molecule has 1 aromatic rings. The minimum absolute atomic E-state index is 0.166. The van der Waals surface area contributed by atoms with Crippen LogP contribution in [0.15, 0.2) is 24.3 Å². The van der Waals surface area contributed by atoms with E-state index in [0.29, 0.717) is 0 Å². The van der Waals surface area contributed by atoms with Crippen molar-refractivity contribution in [2.75, 3.05) is 0 Å². The van der Waals surface area contributed by atoms with Gasteiger partial charge in [0.25, 0.3) is 5.69 Å². The largest absolute Gasteiger partial charge is 0.478 e. The summed E-state index contributed by atoms with van der Waals surface area (Å²) >= 11 is 0. The Balaban J connectivity index is 3.31. The second kappa shape index (κ2) is 4.70. The molecule has 80 valence electrons. The average molecular weight is 218 g/mol. The number of carboxylic acid groups (broad SMARTS) is 1. The zero-order valence-corrected chi connectivity index (χ0v) is 7.95. The Labute approximate surface area is 90.2 Å². The topological polar surface area (TPSA) is 104 Å². The second-order valence-electron chi connectivity index (χ2n) is 2.80. The van der Waals surface area contributed by atoms with Crippen molar-refractivity contribution < 1.29 is 14.8 Å². The van der Waals surface area contributed by atoms with Gasteiger partial charge in [-0.15, -0.1) is 0 Å². The molecular formula is C10H6N2O4. The van der Waals surface area contributed by atoms with Crippen molar-refractivity contribution in [3.8, 4) is 6.07 Å². The highest BCUT2D eigenvalue weighted by molar-refractivity contribution is 5.89. The minimum Gasteiger partial charge on any atom is -0.478 e. The number of benzene rings is 1. The van der Waals surface area contributed by atoms with E-state index in [-0.39, 0.29) is 16.8 Å². The fourth-order valence-electron chi connectivity index (χ4n) is 1.10. The standard InChI is InChI=1S/C10H6N2O4/c11-5-1-2-7-3-4-8(10(13)14)6-9(7)12(15)16/h1-4,6H,(H,13,14). The lowest BCUT2D eigenvalue weighted by Gasteiger charge is -1.98. The minimum atomic E-state index is -1.24. The van der Waals surface area contributed by atoms with Crippen molar-refractivity contribution in [1.82, 2.24) is 0 Å². The molecule has 0 fully saturated rings. The normalized spacial score (nSPS) is 9.94. The number of aromatic carboxylic acids is 1. The molecule has 0 bridgehead atoms. The summed E-state index contributed by atoms with van der Waals surface area (Å²) in [6, 6.07) is 5.19. The summed E-state index contributed by atoms with van der Waals surface area (Å²) in [5.74, 6) is -1.24. The molecule has 0 saturated heterocycles. The number of nitro groups is 1. The third kappa shape index (κ3) is 2.42. The number of nitro benzene ring substituents is 1. The Hall–Kier alpha value is -2.68. The van der Waals surface area contributed by atoms with Crippen LogP contribution in [0.5, 0.6) is 0 Å². The number of nitrogens with zero attached hydrogens (tertiary/aromatic N) is 2. The van der Waals surface area contributed by atoms with Crippen molar-refractivity contribution in [2.24, 2.45) is 0 Å². The van der Waals surface area contributed by atoms with Gasteiger partial charge in [-0.1, -0.05) is 0 Å². The molecule has 0 saturated carbocycles. The summed E-state index contributed by atoms with van der Waals surface area (Å²) in [4.78, 5) is 20.6. The molecule has 0 aliphatic carbocycles. The van der Waals surface area contributed by atoms with Gasteiger partial charge in [0.1, 0.15) is 0 Å². The molecular weight excluding hydrogens is 212 g/mol. The van der Waals surface area contributed by atoms with Gasteiger partial charge in [0.2, 0.25) is 0 Å². The van der Waals surface area contributed by atoms with E-state index in [1.807, 2.05) is 0 Å². The molecule has 0 atom stereocenters. The molecule has 0 heterocycles. The fourth-order valence-corrected chi connectivity index (χ4v) is 1.10. The van der Waals surface area contributed by atoms with Crippen molar-refractivity contribution in [2.45, 2.75) is 0 Å². The molecule has 6 heteroatoms. The number of hydrogen-bond acceptors (Lipinski definition) is 4. The van der Waals surface area contributed by atoms with Gasteiger partial charge in [-0.05, 0) is 18.2 Å². The van der Waals surface area contributed by atoms with E-state index in [0.717, 1.165) is 12.1 Å². The number of carbonyl (C=O) groups is 1. The zero-order valence-electron chi connectivity index (χ0n) is 7.95. The summed E-state index contributed by atoms with van der Waals surface area (Å²) in [6.07, 6.45) is 2.34. The maximum absolute atomic E-state index is 10.7. The van der Waals surface area contributed by atoms with Crippen molar-refractivity contribution in [1.29, 1.82) is 5.26 Å². The van der Waals surface area contributed by atoms with Crippen LogP contribution in [0.2, 0.25) is 0 Å². The Morgan fingerprint density at radius 1 is 1.56 bits per heavy atom. The molecule has 16 heavy (non-hydrogen) atoms. The Morgan fingerprint density at radius 3 is 2.75 bits per heavy atom. The van der Waals surface area contributed by atoms with Gasteiger partial charge in [-0.25, -0.2) is 4.79 Å². The van der Waals surface area contributed by atoms with E-state index in [2.05, 4.69) is 0 Å². The van der Waals surface area contributed by atoms with E-state index in [1.165, 1.54) is 18.2 Å². The first-order valence-corrected chi connectivity index (χ1v) is 4.14. The van der Waals surface area contributed by atoms with Crippen LogP contribution in [0.1, 0.15) is 15.9 Å². The summed E-state index contributed by atoms with van der Waals surface area (Å²) in [7, 11) is 0. The van der Waals surface area contributed by atoms with Crippen molar-refractivity contribution in [3.05, 3.63) is 45.5 Å². The quantitative estimate of drug-likeness (QED) is 0.473. The first kappa shape index (κ1) is 11.4. The van der Waals surface area contributed by atoms with Crippen LogP contribution in [-0.2, 0) is 0 Å². The molecule has 0 aromatic heterocycles. The van der Waals surface area contributed by atoms with E-state index in [1.54, 1.807) is 6.07 Å². The first-order valence-electron chi connectivity index (χ1n) is 4.14. The van der Waals surface area contributed by atoms with Crippen LogP contribution >= 0.6 is 0 Å². The lowest BCUT2D eigenvalue weighted by atomic mass is 10.1. The van der Waals surface area contributed by atoms with Gasteiger partial charge in [-0.3, -0.25) is 10.1 Å². The highest BCUT2D eigenvalue weighted by Crippen LogP contribution is 2.21. The summed E-state index contributed by atoms with van der Waals surface area (Å²) in [6.45, 7) is 0. The fraction of sp³-hybridized carbons (Fsp3) is 0. The average Bonchev–Trinajstić information content (AvgIpc) is 2.25. The van der Waals surface area contributed by atoms with Crippen molar-refractivity contribution >= 4 is 17.7 Å². The van der Waals surface area contributed by atoms with Gasteiger partial charge in [0.05, 0.1) is 22.1 Å². The molecule has 0 radical (unpaired) electrons. The SMILES string of the molecule is N#CC=Cc1ccc(C(=O)O)cc1[N+](=O)[O-]. The van der Waals surface area contributed by atoms with Gasteiger partial charge in [-0.2, -0.15) is 5.26 Å². The van der Waals surface area contributed by atoms with Crippen LogP contribution in [0.25, 0.3) is 6.08 Å². The lowest BCUT2D eigenvalue weighted by Crippen LogP contribution is -1.99. The first-order chi connectivity index (χ1) is 7.56. The summed E-state index contributed by atoms with van der Waals surface area (Å²) < 4.78 is 0. The molecule has 1 aromatic carbocycles. The molecule has 0 amide bonds. The highest BCUT2D eigenvalue weighted by atomic mass is 16.6. The number of rotatable bonds is 3. The number of carboxylic acids is 1. The van der Waals surface area contributed by atoms with Gasteiger partial charge >= 0.3 is 5.97 Å². The van der Waals surface area contributed by atoms with Gasteiger partial charge in [0.15, 0.2) is 0 Å². The summed E-state index contributed by atoms with van der Waals surface area (Å²) in [5, 5.41) is 27.6. The Morgan fingerprint density at radius 2 is 2.25 bits per heavy atom. The molecule has 1 rings (SSSR count). The molecule has 6 nitrogen and oxygen atoms in total. The maximum Gasteiger partial charge on any atom is 0.335 e. The molecule has 0 aliphatic heterocycles. The van der Waals surface area contributed by atoms with Crippen LogP contribution in [0.4, 0.5) is 5.69 Å². The molecule has 0 spiro atoms. The third-order valence-corrected chi connectivity index (χ3v) is 1.81. The van der Waals surface area contributed by atoms with Crippen LogP contribution < -0.4 is 0 Å². The Bertz CT molecular complexity index is 514. The second-order valence-corrected chi connectivity index (χ2v) is 2.80. The van der Waals surface area contributed by atoms with Crippen LogP contribution in [0, 0.1) is 21.4 Å². The summed E-state index contributed by atoms with van der Waals surface area (Å²) in [5.41, 5.74) is -0.316. The third-order valence-electron chi connectivity index (χ3n) is 1.81. The van der Waals surface area contributed by atoms with E-state index >= 15 is 0 Å². The van der Waals surface area contributed by atoms with Gasteiger partial charge in [0, 0.05) is 12.1 Å². The predicted octanol–water partition coefficient (Wildman–Crippen LogP) is 1.83. The lowest BCUT2D eigenvalue weighted by molar-refractivity contribution is -0.385. The monoisotopic (exact) mass is 218 g/mol. The van der Waals surface area contributed by atoms with E-state index in [4.69, 9.17) is 10.4 Å². The predicted molar refractivity (Wildman–Crippen MR) is 54.7 cm³/mol. The van der Waals surface area contributed by atoms with Gasteiger partial charge < -0.3 is 5.11 Å². The zero-order chi connectivity index (χ0) is 12.1.